The van der Waals surface area contributed by atoms with Crippen LogP contribution in [0.5, 0.6) is 5.75 Å². The normalized spacial score (nSPS) is 11.6. The fourth-order valence-corrected chi connectivity index (χ4v) is 4.13. The molecule has 0 spiro atoms. The van der Waals surface area contributed by atoms with E-state index in [0.717, 1.165) is 57.8 Å². The van der Waals surface area contributed by atoms with Crippen molar-refractivity contribution in [3.05, 3.63) is 88.8 Å². The topological polar surface area (TPSA) is 42.4 Å². The number of ether oxygens (including phenoxy) is 1. The highest BCUT2D eigenvalue weighted by Gasteiger charge is 2.24. The number of nitrogens with zero attached hydrogens (tertiary/aromatic N) is 1. The van der Waals surface area contributed by atoms with Gasteiger partial charge in [0.15, 0.2) is 0 Å². The zero-order valence-corrected chi connectivity index (χ0v) is 20.6. The van der Waals surface area contributed by atoms with Crippen LogP contribution in [-0.2, 0) is 13.2 Å². The molecule has 0 aliphatic rings. The van der Waals surface area contributed by atoms with Crippen LogP contribution >= 0.6 is 0 Å². The van der Waals surface area contributed by atoms with Crippen molar-refractivity contribution in [2.45, 2.75) is 72.5 Å². The van der Waals surface area contributed by atoms with Crippen LogP contribution in [-0.4, -0.2) is 10.1 Å². The zero-order valence-electron chi connectivity index (χ0n) is 20.6. The molecule has 0 atom stereocenters. The summed E-state index contributed by atoms with van der Waals surface area (Å²) < 4.78 is 6.33. The largest absolute Gasteiger partial charge is 0.488 e. The van der Waals surface area contributed by atoms with Crippen molar-refractivity contribution in [1.82, 2.24) is 4.98 Å². The third-order valence-electron chi connectivity index (χ3n) is 5.78. The first-order chi connectivity index (χ1) is 16.0. The van der Waals surface area contributed by atoms with Gasteiger partial charge in [-0.25, -0.2) is 0 Å². The summed E-state index contributed by atoms with van der Waals surface area (Å²) in [4.78, 5) is 5.08. The number of benzene rings is 2. The predicted octanol–water partition coefficient (Wildman–Crippen LogP) is 7.88. The van der Waals surface area contributed by atoms with Crippen molar-refractivity contribution >= 4 is 6.08 Å². The van der Waals surface area contributed by atoms with Crippen LogP contribution < -0.4 is 4.74 Å². The molecule has 1 aromatic heterocycles. The van der Waals surface area contributed by atoms with Gasteiger partial charge in [0.2, 0.25) is 0 Å². The van der Waals surface area contributed by atoms with Crippen LogP contribution in [0, 0.1) is 0 Å². The second-order valence-electron chi connectivity index (χ2n) is 9.08. The van der Waals surface area contributed by atoms with E-state index < -0.39 is 0 Å². The Morgan fingerprint density at radius 2 is 1.58 bits per heavy atom. The molecule has 0 amide bonds. The molecule has 0 fully saturated rings. The van der Waals surface area contributed by atoms with Gasteiger partial charge in [0.05, 0.1) is 12.3 Å². The first-order valence-electron chi connectivity index (χ1n) is 12.1. The standard InChI is InChI=1S/C30H37NO2/c1-6-7-9-17-25-28(26(19-32)30(22(4)5)31-29(25)21(2)3)24-16-12-13-18-27(24)33-20-23-14-10-8-11-15-23/h8-18,21-22,32H,6-7,19-20H2,1-5H3. The van der Waals surface area contributed by atoms with Crippen molar-refractivity contribution in [2.24, 2.45) is 0 Å². The second kappa shape index (κ2) is 11.8. The van der Waals surface area contributed by atoms with Crippen LogP contribution in [0.2, 0.25) is 0 Å². The average molecular weight is 444 g/mol. The molecule has 2 aromatic carbocycles. The van der Waals surface area contributed by atoms with Gasteiger partial charge in [0, 0.05) is 27.9 Å². The van der Waals surface area contributed by atoms with Crippen molar-refractivity contribution < 1.29 is 9.84 Å². The van der Waals surface area contributed by atoms with Gasteiger partial charge in [-0.1, -0.05) is 102 Å². The molecule has 1 heterocycles. The maximum absolute atomic E-state index is 10.5. The van der Waals surface area contributed by atoms with Gasteiger partial charge in [0.25, 0.3) is 0 Å². The number of aromatic nitrogens is 1. The lowest BCUT2D eigenvalue weighted by Crippen LogP contribution is -2.11. The second-order valence-corrected chi connectivity index (χ2v) is 9.08. The Bertz CT molecular complexity index is 1070. The van der Waals surface area contributed by atoms with E-state index in [1.807, 2.05) is 36.4 Å². The van der Waals surface area contributed by atoms with E-state index in [2.05, 4.69) is 65.0 Å². The summed E-state index contributed by atoms with van der Waals surface area (Å²) in [7, 11) is 0. The highest BCUT2D eigenvalue weighted by Crippen LogP contribution is 2.41. The molecular formula is C30H37NO2. The van der Waals surface area contributed by atoms with Gasteiger partial charge in [0.1, 0.15) is 12.4 Å². The number of pyridine rings is 1. The molecule has 3 rings (SSSR count). The van der Waals surface area contributed by atoms with Crippen LogP contribution in [0.15, 0.2) is 60.7 Å². The van der Waals surface area contributed by atoms with E-state index in [-0.39, 0.29) is 18.4 Å². The molecule has 33 heavy (non-hydrogen) atoms. The van der Waals surface area contributed by atoms with Gasteiger partial charge < -0.3 is 9.84 Å². The molecule has 0 saturated heterocycles. The van der Waals surface area contributed by atoms with Crippen molar-refractivity contribution in [3.8, 4) is 16.9 Å². The van der Waals surface area contributed by atoms with Crippen molar-refractivity contribution in [2.75, 3.05) is 0 Å². The van der Waals surface area contributed by atoms with Crippen LogP contribution in [0.25, 0.3) is 17.2 Å². The Hall–Kier alpha value is -2.91. The van der Waals surface area contributed by atoms with Gasteiger partial charge in [-0.2, -0.15) is 0 Å². The van der Waals surface area contributed by atoms with Gasteiger partial charge >= 0.3 is 0 Å². The van der Waals surface area contributed by atoms with E-state index >= 15 is 0 Å². The molecule has 0 saturated carbocycles. The predicted molar refractivity (Wildman–Crippen MR) is 138 cm³/mol. The lowest BCUT2D eigenvalue weighted by Gasteiger charge is -2.24. The Morgan fingerprint density at radius 1 is 0.909 bits per heavy atom. The summed E-state index contributed by atoms with van der Waals surface area (Å²) in [5.41, 5.74) is 7.16. The molecule has 3 heteroatoms. The smallest absolute Gasteiger partial charge is 0.127 e. The minimum Gasteiger partial charge on any atom is -0.488 e. The quantitative estimate of drug-likeness (QED) is 0.346. The molecule has 0 aliphatic carbocycles. The average Bonchev–Trinajstić information content (AvgIpc) is 2.82. The lowest BCUT2D eigenvalue weighted by atomic mass is 9.86. The zero-order chi connectivity index (χ0) is 23.8. The number of rotatable bonds is 10. The number of allylic oxidation sites excluding steroid dienone is 1. The van der Waals surface area contributed by atoms with E-state index in [1.165, 1.54) is 0 Å². The Morgan fingerprint density at radius 3 is 2.21 bits per heavy atom. The van der Waals surface area contributed by atoms with Crippen LogP contribution in [0.4, 0.5) is 0 Å². The molecule has 0 unspecified atom stereocenters. The van der Waals surface area contributed by atoms with E-state index in [0.29, 0.717) is 6.61 Å². The minimum atomic E-state index is -0.0597. The molecule has 174 valence electrons. The molecule has 1 N–H and O–H groups in total. The Labute approximate surface area is 199 Å². The number of hydrogen-bond donors (Lipinski definition) is 1. The van der Waals surface area contributed by atoms with Crippen molar-refractivity contribution in [3.63, 3.8) is 0 Å². The number of unbranched alkanes of at least 4 members (excludes halogenated alkanes) is 1. The number of hydrogen-bond acceptors (Lipinski definition) is 3. The Kier molecular flexibility index (Phi) is 8.85. The third-order valence-corrected chi connectivity index (χ3v) is 5.78. The molecule has 0 bridgehead atoms. The van der Waals surface area contributed by atoms with E-state index in [1.54, 1.807) is 0 Å². The molecule has 0 aliphatic heterocycles. The van der Waals surface area contributed by atoms with Crippen LogP contribution in [0.1, 0.15) is 87.4 Å². The fraction of sp³-hybridized carbons (Fsp3) is 0.367. The van der Waals surface area contributed by atoms with E-state index in [9.17, 15) is 5.11 Å². The summed E-state index contributed by atoms with van der Waals surface area (Å²) >= 11 is 0. The first-order valence-corrected chi connectivity index (χ1v) is 12.1. The summed E-state index contributed by atoms with van der Waals surface area (Å²) in [6, 6.07) is 18.4. The number of para-hydroxylation sites is 1. The molecule has 3 aromatic rings. The highest BCUT2D eigenvalue weighted by atomic mass is 16.5. The Balaban J connectivity index is 2.24. The monoisotopic (exact) mass is 443 g/mol. The molecular weight excluding hydrogens is 406 g/mol. The molecule has 0 radical (unpaired) electrons. The minimum absolute atomic E-state index is 0.0597. The van der Waals surface area contributed by atoms with E-state index in [4.69, 9.17) is 9.72 Å². The third kappa shape index (κ3) is 5.91. The lowest BCUT2D eigenvalue weighted by molar-refractivity contribution is 0.279. The maximum atomic E-state index is 10.5. The van der Waals surface area contributed by atoms with Crippen LogP contribution in [0.3, 0.4) is 0 Å². The molecule has 3 nitrogen and oxygen atoms in total. The van der Waals surface area contributed by atoms with Crippen molar-refractivity contribution in [1.29, 1.82) is 0 Å². The fourth-order valence-electron chi connectivity index (χ4n) is 4.13. The number of aliphatic hydroxyl groups excluding tert-OH is 1. The summed E-state index contributed by atoms with van der Waals surface area (Å²) in [6.07, 6.45) is 6.50. The first kappa shape index (κ1) is 24.7. The van der Waals surface area contributed by atoms with Gasteiger partial charge in [-0.15, -0.1) is 0 Å². The summed E-state index contributed by atoms with van der Waals surface area (Å²) in [6.45, 7) is 11.3. The maximum Gasteiger partial charge on any atom is 0.127 e. The van der Waals surface area contributed by atoms with Gasteiger partial charge in [-0.05, 0) is 29.9 Å². The number of aliphatic hydroxyl groups is 1. The summed E-state index contributed by atoms with van der Waals surface area (Å²) in [5, 5.41) is 10.5. The highest BCUT2D eigenvalue weighted by molar-refractivity contribution is 5.83. The SMILES string of the molecule is CCCC=Cc1c(C(C)C)nc(C(C)C)c(CO)c1-c1ccccc1OCc1ccccc1. The van der Waals surface area contributed by atoms with Gasteiger partial charge in [-0.3, -0.25) is 4.98 Å². The summed E-state index contributed by atoms with van der Waals surface area (Å²) in [5.74, 6) is 1.28.